The molecule has 0 aliphatic rings. The van der Waals surface area contributed by atoms with E-state index in [9.17, 15) is 17.3 Å². The van der Waals surface area contributed by atoms with Gasteiger partial charge in [-0.3, -0.25) is 0 Å². The molecule has 0 aliphatic carbocycles. The Bertz CT molecular complexity index is 532. The van der Waals surface area contributed by atoms with Gasteiger partial charge in [-0.25, -0.2) is 21.7 Å². The highest BCUT2D eigenvalue weighted by atomic mass is 19.2. The number of hydrogen-bond acceptors (Lipinski definition) is 1. The van der Waals surface area contributed by atoms with Crippen molar-refractivity contribution < 1.29 is 21.7 Å². The van der Waals surface area contributed by atoms with E-state index in [-0.39, 0.29) is 8.96 Å². The summed E-state index contributed by atoms with van der Waals surface area (Å²) in [5.74, 6) is -3.09. The lowest BCUT2D eigenvalue weighted by Gasteiger charge is -1.91. The molecular weight excluding hydrogens is 240 g/mol. The van der Waals surface area contributed by atoms with Crippen molar-refractivity contribution in [2.24, 2.45) is 0 Å². The number of rotatable bonds is 2. The third-order valence-corrected chi connectivity index (χ3v) is 1.81. The lowest BCUT2D eigenvalue weighted by atomic mass is 10.2. The van der Waals surface area contributed by atoms with Gasteiger partial charge in [-0.05, 0) is 0 Å². The van der Waals surface area contributed by atoms with Crippen LogP contribution in [0.5, 0.6) is 0 Å². The summed E-state index contributed by atoms with van der Waals surface area (Å²) in [6, 6.07) is 1.14. The molecule has 1 aromatic rings. The molecule has 0 aliphatic heterocycles. The van der Waals surface area contributed by atoms with E-state index < -0.39 is 32.3 Å². The number of halogens is 4. The average molecular weight is 240 g/mol. The summed E-state index contributed by atoms with van der Waals surface area (Å²) < 4.78 is 49.9. The second-order valence-corrected chi connectivity index (χ2v) is 2.60. The summed E-state index contributed by atoms with van der Waals surface area (Å²) in [5, 5.41) is 8.56. The molecule has 1 heterocycles. The fourth-order valence-corrected chi connectivity index (χ4v) is 1.22. The summed E-state index contributed by atoms with van der Waals surface area (Å²) in [7, 11) is -6.71. The molecule has 1 rings (SSSR count). The lowest BCUT2D eigenvalue weighted by molar-refractivity contribution is -0.539. The van der Waals surface area contributed by atoms with Crippen LogP contribution in [0.15, 0.2) is 0 Å². The van der Waals surface area contributed by atoms with Gasteiger partial charge in [0.2, 0.25) is 6.07 Å². The van der Waals surface area contributed by atoms with Crippen LogP contribution in [0.3, 0.4) is 0 Å². The van der Waals surface area contributed by atoms with Gasteiger partial charge in [0.15, 0.2) is 0 Å². The zero-order chi connectivity index (χ0) is 13.2. The molecule has 0 fully saturated rings. The monoisotopic (exact) mass is 240 g/mol. The van der Waals surface area contributed by atoms with E-state index in [1.54, 1.807) is 0 Å². The second-order valence-electron chi connectivity index (χ2n) is 2.60. The molecule has 0 atom stereocenters. The van der Waals surface area contributed by atoms with Crippen molar-refractivity contribution in [2.75, 3.05) is 0 Å². The van der Waals surface area contributed by atoms with Gasteiger partial charge in [0.05, 0.1) is 6.57 Å². The first-order valence-electron chi connectivity index (χ1n) is 3.90. The molecule has 11 heteroatoms. The maximum Gasteiger partial charge on any atom is 0.925 e. The highest BCUT2D eigenvalue weighted by molar-refractivity contribution is 6.42. The van der Waals surface area contributed by atoms with Crippen molar-refractivity contribution in [3.05, 3.63) is 28.7 Å². The SMILES string of the molecule is [C-]#[N+]c1c([N+]#[C-])[n+](B(F)F)c(C#N)n1B(F)F. The number of aromatic nitrogens is 2. The molecule has 0 radical (unpaired) electrons. The first-order chi connectivity index (χ1) is 7.99. The fourth-order valence-electron chi connectivity index (χ4n) is 1.22. The zero-order valence-electron chi connectivity index (χ0n) is 7.90. The van der Waals surface area contributed by atoms with Crippen molar-refractivity contribution in [1.29, 1.82) is 5.26 Å². The summed E-state index contributed by atoms with van der Waals surface area (Å²) in [6.07, 6.45) is 0. The Morgan fingerprint density at radius 1 is 1.24 bits per heavy atom. The van der Waals surface area contributed by atoms with Crippen LogP contribution in [0.4, 0.5) is 28.9 Å². The van der Waals surface area contributed by atoms with Gasteiger partial charge < -0.3 is 4.85 Å². The van der Waals surface area contributed by atoms with E-state index in [1.807, 2.05) is 0 Å². The Hall–Kier alpha value is -2.47. The minimum absolute atomic E-state index is 0.188. The van der Waals surface area contributed by atoms with Crippen molar-refractivity contribution in [2.45, 2.75) is 0 Å². The van der Waals surface area contributed by atoms with Crippen LogP contribution in [-0.4, -0.2) is 19.3 Å². The second kappa shape index (κ2) is 4.58. The third kappa shape index (κ3) is 1.81. The highest BCUT2D eigenvalue weighted by Gasteiger charge is 2.49. The van der Waals surface area contributed by atoms with E-state index in [0.29, 0.717) is 0 Å². The maximum absolute atomic E-state index is 12.6. The molecule has 0 saturated carbocycles. The van der Waals surface area contributed by atoms with Crippen molar-refractivity contribution in [3.8, 4) is 6.07 Å². The Morgan fingerprint density at radius 2 is 1.82 bits per heavy atom. The standard InChI is InChI=1S/C6B2F4N5/c1-14-5-6(15-2)17(8(11)12)4(3-13)16(5)7(9)10/q+1. The van der Waals surface area contributed by atoms with Gasteiger partial charge in [-0.1, -0.05) is 6.57 Å². The number of hydrogen-bond donors (Lipinski definition) is 0. The molecule has 0 N–H and O–H groups in total. The minimum Gasteiger partial charge on any atom is -0.370 e. The maximum atomic E-state index is 12.6. The molecule has 1 aromatic heterocycles. The van der Waals surface area contributed by atoms with E-state index in [4.69, 9.17) is 18.4 Å². The van der Waals surface area contributed by atoms with Crippen molar-refractivity contribution in [3.63, 3.8) is 0 Å². The first kappa shape index (κ1) is 12.6. The van der Waals surface area contributed by atoms with E-state index in [2.05, 4.69) is 9.69 Å². The van der Waals surface area contributed by atoms with Crippen molar-refractivity contribution in [1.82, 2.24) is 4.48 Å². The van der Waals surface area contributed by atoms with Gasteiger partial charge in [-0.2, -0.15) is 14.6 Å². The number of imidazole rings is 1. The molecule has 82 valence electrons. The van der Waals surface area contributed by atoms with Crippen molar-refractivity contribution >= 4 is 26.4 Å². The molecule has 0 unspecified atom stereocenters. The van der Waals surface area contributed by atoms with Gasteiger partial charge in [0, 0.05) is 0 Å². The summed E-state index contributed by atoms with van der Waals surface area (Å²) in [4.78, 5) is 5.18. The summed E-state index contributed by atoms with van der Waals surface area (Å²) >= 11 is 0. The molecule has 5 nitrogen and oxygen atoms in total. The largest absolute Gasteiger partial charge is 0.925 e. The highest BCUT2D eigenvalue weighted by Crippen LogP contribution is 2.28. The topological polar surface area (TPSA) is 41.3 Å². The van der Waals surface area contributed by atoms with E-state index >= 15 is 0 Å². The van der Waals surface area contributed by atoms with E-state index in [1.165, 1.54) is 0 Å². The molecule has 0 aromatic carbocycles. The Labute approximate surface area is 93.5 Å². The molecule has 17 heavy (non-hydrogen) atoms. The smallest absolute Gasteiger partial charge is 0.370 e. The predicted molar refractivity (Wildman–Crippen MR) is 48.6 cm³/mol. The Kier molecular flexibility index (Phi) is 3.40. The first-order valence-corrected chi connectivity index (χ1v) is 3.90. The van der Waals surface area contributed by atoms with Gasteiger partial charge >= 0.3 is 26.4 Å². The van der Waals surface area contributed by atoms with Gasteiger partial charge in [-0.15, -0.1) is 0 Å². The zero-order valence-corrected chi connectivity index (χ0v) is 7.90. The summed E-state index contributed by atoms with van der Waals surface area (Å²) in [6.45, 7) is 13.2. The Balaban J connectivity index is 3.82. The van der Waals surface area contributed by atoms with Crippen LogP contribution in [0.25, 0.3) is 9.69 Å². The van der Waals surface area contributed by atoms with Crippen LogP contribution >= 0.6 is 0 Å². The predicted octanol–water partition coefficient (Wildman–Crippen LogP) is 1.29. The third-order valence-electron chi connectivity index (χ3n) is 1.81. The normalized spacial score (nSPS) is 9.00. The van der Waals surface area contributed by atoms with Crippen LogP contribution in [-0.2, 0) is 0 Å². The van der Waals surface area contributed by atoms with Crippen LogP contribution in [0, 0.1) is 24.5 Å². The van der Waals surface area contributed by atoms with Crippen LogP contribution in [0.2, 0.25) is 0 Å². The van der Waals surface area contributed by atoms with Crippen LogP contribution in [0.1, 0.15) is 5.82 Å². The molecule has 0 amide bonds. The number of nitriles is 1. The number of nitrogens with zero attached hydrogens (tertiary/aromatic N) is 5. The van der Waals surface area contributed by atoms with Gasteiger partial charge in [0.25, 0.3) is 5.82 Å². The fraction of sp³-hybridized carbons (Fsp3) is 0. The molecule has 0 spiro atoms. The summed E-state index contributed by atoms with van der Waals surface area (Å²) in [5.41, 5.74) is 0. The minimum atomic E-state index is -3.35. The molecule has 0 bridgehead atoms. The molecule has 0 saturated heterocycles. The quantitative estimate of drug-likeness (QED) is 0.436. The Morgan fingerprint density at radius 3 is 2.12 bits per heavy atom. The van der Waals surface area contributed by atoms with Crippen LogP contribution < -0.4 is 4.48 Å². The lowest BCUT2D eigenvalue weighted by Crippen LogP contribution is -2.48. The molecular formula is C6B2F4N5+. The average Bonchev–Trinajstić information content (AvgIpc) is 2.61. The van der Waals surface area contributed by atoms with E-state index in [0.717, 1.165) is 6.07 Å². The van der Waals surface area contributed by atoms with Gasteiger partial charge in [0.1, 0.15) is 0 Å².